The van der Waals surface area contributed by atoms with Crippen molar-refractivity contribution in [2.75, 3.05) is 18.0 Å². The molecule has 1 saturated heterocycles. The van der Waals surface area contributed by atoms with Crippen molar-refractivity contribution < 1.29 is 22.7 Å². The van der Waals surface area contributed by atoms with Crippen LogP contribution in [-0.2, 0) is 26.0 Å². The van der Waals surface area contributed by atoms with Crippen LogP contribution in [0.1, 0.15) is 56.9 Å². The molecule has 38 heavy (non-hydrogen) atoms. The van der Waals surface area contributed by atoms with Crippen LogP contribution in [0.15, 0.2) is 66.7 Å². The number of carbonyl (C=O) groups excluding carboxylic acids is 1. The highest BCUT2D eigenvalue weighted by atomic mass is 28.2. The zero-order valence-electron chi connectivity index (χ0n) is 22.8. The molecule has 0 bridgehead atoms. The molecule has 1 aliphatic rings. The molecule has 3 aromatic carbocycles. The van der Waals surface area contributed by atoms with E-state index in [0.717, 1.165) is 11.1 Å². The summed E-state index contributed by atoms with van der Waals surface area (Å²) >= 11 is 0. The Bertz CT molecular complexity index is 1200. The van der Waals surface area contributed by atoms with Gasteiger partial charge in [-0.3, -0.25) is 0 Å². The van der Waals surface area contributed by atoms with Crippen molar-refractivity contribution in [2.45, 2.75) is 63.9 Å². The standard InChI is InChI=1S/C31H37F2NO3Si/c1-21-19-34(20-22(2)36-21)29-26(18-23(16-17-35)27(32)28(29)33)31(37-38-30(3,4)5,24-12-8-6-9-13-24)25-14-10-7-11-15-25/h6-15,17-18,21-22H,16,19-20,38H2,1-5H3. The number of morpholine rings is 1. The van der Waals surface area contributed by atoms with E-state index in [2.05, 4.69) is 20.8 Å². The molecular weight excluding hydrogens is 500 g/mol. The summed E-state index contributed by atoms with van der Waals surface area (Å²) in [6.45, 7) is 11.1. The second kappa shape index (κ2) is 11.5. The van der Waals surface area contributed by atoms with E-state index >= 15 is 8.78 Å². The molecule has 2 unspecified atom stereocenters. The summed E-state index contributed by atoms with van der Waals surface area (Å²) in [6, 6.07) is 21.1. The molecule has 1 aliphatic heterocycles. The summed E-state index contributed by atoms with van der Waals surface area (Å²) in [5.74, 6) is -1.95. The molecule has 0 aliphatic carbocycles. The largest absolute Gasteiger partial charge is 0.406 e. The monoisotopic (exact) mass is 537 g/mol. The van der Waals surface area contributed by atoms with Gasteiger partial charge in [-0.2, -0.15) is 0 Å². The van der Waals surface area contributed by atoms with Gasteiger partial charge in [-0.25, -0.2) is 8.78 Å². The molecule has 0 N–H and O–H groups in total. The van der Waals surface area contributed by atoms with E-state index in [4.69, 9.17) is 9.16 Å². The van der Waals surface area contributed by atoms with Crippen molar-refractivity contribution in [3.8, 4) is 0 Å². The fourth-order valence-electron chi connectivity index (χ4n) is 5.24. The van der Waals surface area contributed by atoms with Crippen LogP contribution in [0.2, 0.25) is 5.04 Å². The number of ether oxygens (including phenoxy) is 1. The van der Waals surface area contributed by atoms with Gasteiger partial charge in [0.1, 0.15) is 11.9 Å². The average molecular weight is 538 g/mol. The third-order valence-electron chi connectivity index (χ3n) is 6.76. The lowest BCUT2D eigenvalue weighted by Crippen LogP contribution is -2.47. The quantitative estimate of drug-likeness (QED) is 0.203. The zero-order chi connectivity index (χ0) is 27.5. The van der Waals surface area contributed by atoms with Crippen LogP contribution in [0, 0.1) is 11.6 Å². The first-order valence-corrected chi connectivity index (χ1v) is 14.5. The number of anilines is 1. The fourth-order valence-corrected chi connectivity index (χ4v) is 6.38. The Labute approximate surface area is 226 Å². The Kier molecular flexibility index (Phi) is 8.50. The maximum absolute atomic E-state index is 16.3. The van der Waals surface area contributed by atoms with E-state index in [1.807, 2.05) is 79.4 Å². The van der Waals surface area contributed by atoms with E-state index in [0.29, 0.717) is 24.9 Å². The van der Waals surface area contributed by atoms with Gasteiger partial charge in [0.2, 0.25) is 0 Å². The number of carbonyl (C=O) groups is 1. The molecule has 202 valence electrons. The fraction of sp³-hybridized carbons (Fsp3) is 0.387. The number of hydrogen-bond donors (Lipinski definition) is 0. The van der Waals surface area contributed by atoms with Gasteiger partial charge in [-0.05, 0) is 41.6 Å². The van der Waals surface area contributed by atoms with Crippen LogP contribution in [0.25, 0.3) is 0 Å². The van der Waals surface area contributed by atoms with Gasteiger partial charge < -0.3 is 18.9 Å². The molecule has 1 heterocycles. The molecule has 1 fully saturated rings. The van der Waals surface area contributed by atoms with Gasteiger partial charge in [0.05, 0.1) is 17.9 Å². The van der Waals surface area contributed by atoms with E-state index in [9.17, 15) is 4.79 Å². The Morgan fingerprint density at radius 3 is 1.95 bits per heavy atom. The molecule has 0 spiro atoms. The van der Waals surface area contributed by atoms with Crippen molar-refractivity contribution in [1.29, 1.82) is 0 Å². The first-order chi connectivity index (χ1) is 18.1. The predicted molar refractivity (Wildman–Crippen MR) is 150 cm³/mol. The number of hydrogen-bond acceptors (Lipinski definition) is 4. The highest BCUT2D eigenvalue weighted by molar-refractivity contribution is 6.32. The molecule has 0 aromatic heterocycles. The number of benzene rings is 3. The lowest BCUT2D eigenvalue weighted by Gasteiger charge is -2.43. The lowest BCUT2D eigenvalue weighted by atomic mass is 9.78. The lowest BCUT2D eigenvalue weighted by molar-refractivity contribution is -0.107. The molecule has 0 amide bonds. The molecule has 4 nitrogen and oxygen atoms in total. The highest BCUT2D eigenvalue weighted by Gasteiger charge is 2.43. The van der Waals surface area contributed by atoms with E-state index in [-0.39, 0.29) is 34.9 Å². The van der Waals surface area contributed by atoms with Gasteiger partial charge in [-0.1, -0.05) is 81.4 Å². The SMILES string of the molecule is CC1CN(c2c(C(O[SiH2]C(C)(C)C)(c3ccccc3)c3ccccc3)cc(CC=O)c(F)c2F)CC(C)O1. The molecule has 0 radical (unpaired) electrons. The van der Waals surface area contributed by atoms with Gasteiger partial charge in [0, 0.05) is 25.1 Å². The maximum atomic E-state index is 16.3. The summed E-state index contributed by atoms with van der Waals surface area (Å²) < 4.78 is 44.8. The van der Waals surface area contributed by atoms with Gasteiger partial charge in [0.25, 0.3) is 0 Å². The first kappa shape index (κ1) is 28.1. The minimum Gasteiger partial charge on any atom is -0.406 e. The normalized spacial score (nSPS) is 18.8. The third kappa shape index (κ3) is 5.75. The van der Waals surface area contributed by atoms with Crippen molar-refractivity contribution in [3.63, 3.8) is 0 Å². The maximum Gasteiger partial charge on any atom is 0.182 e. The van der Waals surface area contributed by atoms with E-state index in [1.54, 1.807) is 6.07 Å². The van der Waals surface area contributed by atoms with Crippen molar-refractivity contribution >= 4 is 21.7 Å². The summed E-state index contributed by atoms with van der Waals surface area (Å²) in [5, 5.41) is -0.0822. The molecular formula is C31H37F2NO3Si. The zero-order valence-corrected chi connectivity index (χ0v) is 24.3. The number of rotatable bonds is 8. The first-order valence-electron chi connectivity index (χ1n) is 13.2. The van der Waals surface area contributed by atoms with Crippen molar-refractivity contribution in [2.24, 2.45) is 0 Å². The Morgan fingerprint density at radius 2 is 1.47 bits per heavy atom. The summed E-state index contributed by atoms with van der Waals surface area (Å²) in [4.78, 5) is 13.4. The third-order valence-corrected chi connectivity index (χ3v) is 8.20. The van der Waals surface area contributed by atoms with Crippen molar-refractivity contribution in [3.05, 3.63) is 101 Å². The topological polar surface area (TPSA) is 38.8 Å². The number of nitrogens with zero attached hydrogens (tertiary/aromatic N) is 1. The number of aldehydes is 1. The van der Waals surface area contributed by atoms with Crippen LogP contribution >= 0.6 is 0 Å². The minimum atomic E-state index is -1.23. The predicted octanol–water partition coefficient (Wildman–Crippen LogP) is 5.93. The summed E-state index contributed by atoms with van der Waals surface area (Å²) in [5.41, 5.74) is 1.11. The van der Waals surface area contributed by atoms with Crippen LogP contribution < -0.4 is 4.90 Å². The summed E-state index contributed by atoms with van der Waals surface area (Å²) in [7, 11) is -1.23. The van der Waals surface area contributed by atoms with E-state index < -0.39 is 27.0 Å². The van der Waals surface area contributed by atoms with Gasteiger partial charge in [0.15, 0.2) is 21.4 Å². The molecule has 0 saturated carbocycles. The Balaban J connectivity index is 2.12. The second-order valence-corrected chi connectivity index (χ2v) is 14.1. The molecule has 4 rings (SSSR count). The van der Waals surface area contributed by atoms with Crippen LogP contribution in [-0.4, -0.2) is 41.3 Å². The molecule has 7 heteroatoms. The molecule has 2 atom stereocenters. The Hall–Kier alpha value is -2.87. The summed E-state index contributed by atoms with van der Waals surface area (Å²) in [6.07, 6.45) is 0.0350. The van der Waals surface area contributed by atoms with Gasteiger partial charge in [-0.15, -0.1) is 0 Å². The van der Waals surface area contributed by atoms with Gasteiger partial charge >= 0.3 is 0 Å². The Morgan fingerprint density at radius 1 is 0.947 bits per heavy atom. The van der Waals surface area contributed by atoms with Crippen LogP contribution in [0.5, 0.6) is 0 Å². The highest BCUT2D eigenvalue weighted by Crippen LogP contribution is 2.48. The number of halogens is 2. The smallest absolute Gasteiger partial charge is 0.182 e. The minimum absolute atomic E-state index is 0.0165. The average Bonchev–Trinajstić information content (AvgIpc) is 2.87. The van der Waals surface area contributed by atoms with Crippen LogP contribution in [0.4, 0.5) is 14.5 Å². The van der Waals surface area contributed by atoms with E-state index in [1.165, 1.54) is 0 Å². The van der Waals surface area contributed by atoms with Crippen LogP contribution in [0.3, 0.4) is 0 Å². The second-order valence-electron chi connectivity index (χ2n) is 11.4. The van der Waals surface area contributed by atoms with Crippen molar-refractivity contribution in [1.82, 2.24) is 0 Å². The molecule has 3 aromatic rings.